The van der Waals surface area contributed by atoms with Gasteiger partial charge >= 0.3 is 13.2 Å². The van der Waals surface area contributed by atoms with E-state index in [1.165, 1.54) is 27.6 Å². The maximum absolute atomic E-state index is 13.1. The number of amides is 2. The number of methoxy groups -OCH3 is 1. The van der Waals surface area contributed by atoms with Crippen LogP contribution in [-0.2, 0) is 54.7 Å². The second-order valence-corrected chi connectivity index (χ2v) is 19.0. The highest BCUT2D eigenvalue weighted by Crippen LogP contribution is 2.30. The van der Waals surface area contributed by atoms with Crippen molar-refractivity contribution in [1.82, 2.24) is 48.5 Å². The van der Waals surface area contributed by atoms with Gasteiger partial charge in [-0.2, -0.15) is 17.6 Å². The van der Waals surface area contributed by atoms with Gasteiger partial charge in [0.15, 0.2) is 0 Å². The van der Waals surface area contributed by atoms with Gasteiger partial charge in [-0.15, -0.1) is 0 Å². The summed E-state index contributed by atoms with van der Waals surface area (Å²) in [4.78, 5) is 75.0. The summed E-state index contributed by atoms with van der Waals surface area (Å²) in [5.41, 5.74) is 6.10. The van der Waals surface area contributed by atoms with Crippen LogP contribution in [0.3, 0.4) is 0 Å². The highest BCUT2D eigenvalue weighted by Gasteiger charge is 2.24. The third-order valence-electron chi connectivity index (χ3n) is 14.1. The molecule has 2 fully saturated rings. The summed E-state index contributed by atoms with van der Waals surface area (Å²) in [6.07, 6.45) is 6.89. The van der Waals surface area contributed by atoms with Gasteiger partial charge in [0.2, 0.25) is 23.7 Å². The molecule has 2 amide bonds. The first-order valence-electron chi connectivity index (χ1n) is 25.3. The lowest BCUT2D eigenvalue weighted by Crippen LogP contribution is -2.48. The first-order chi connectivity index (χ1) is 38.0. The molecule has 414 valence electrons. The molecule has 0 atom stereocenters. The van der Waals surface area contributed by atoms with Crippen molar-refractivity contribution in [2.45, 2.75) is 53.4 Å². The number of benzene rings is 4. The largest absolute Gasteiger partial charge is 0.434 e. The number of aliphatic hydroxyl groups excluding tert-OH is 1. The lowest BCUT2D eigenvalue weighted by Gasteiger charge is -2.34. The van der Waals surface area contributed by atoms with Crippen LogP contribution in [-0.4, -0.2) is 138 Å². The molecule has 1 N–H and O–H groups in total. The predicted molar refractivity (Wildman–Crippen MR) is 286 cm³/mol. The molecule has 0 aliphatic carbocycles. The van der Waals surface area contributed by atoms with Gasteiger partial charge in [-0.1, -0.05) is 24.3 Å². The SMILES string of the molecule is CC(=O)N1CCN(c2ncc(-c3ccc4c(=O)n(C)n(Cc5cc(CO)ccc5OC(F)F)c4c3)cn2)CC1.COCc1ccc(OC(F)F)c(Cn2c3cc(-c4cnc(N5CCN(C(C)=O)CC5)nc4)ccc3c(=O)n2C)c1. The summed E-state index contributed by atoms with van der Waals surface area (Å²) in [5, 5.41) is 10.5. The molecule has 4 aromatic carbocycles. The number of hydrogen-bond donors (Lipinski definition) is 1. The molecule has 10 rings (SSSR count). The van der Waals surface area contributed by atoms with Gasteiger partial charge in [-0.25, -0.2) is 19.9 Å². The second kappa shape index (κ2) is 23.9. The summed E-state index contributed by atoms with van der Waals surface area (Å²) in [7, 11) is 4.80. The fourth-order valence-corrected chi connectivity index (χ4v) is 9.81. The lowest BCUT2D eigenvalue weighted by molar-refractivity contribution is -0.129. The van der Waals surface area contributed by atoms with Crippen molar-refractivity contribution in [2.24, 2.45) is 14.1 Å². The van der Waals surface area contributed by atoms with Crippen LogP contribution >= 0.6 is 0 Å². The smallest absolute Gasteiger partial charge is 0.387 e. The molecule has 0 spiro atoms. The molecule has 6 heterocycles. The summed E-state index contributed by atoms with van der Waals surface area (Å²) in [6, 6.07) is 20.2. The van der Waals surface area contributed by atoms with E-state index in [4.69, 9.17) is 14.2 Å². The monoisotopic (exact) mass is 1090 g/mol. The van der Waals surface area contributed by atoms with Crippen LogP contribution in [0.5, 0.6) is 11.5 Å². The van der Waals surface area contributed by atoms with Gasteiger partial charge < -0.3 is 38.9 Å². The number of ether oxygens (including phenoxy) is 3. The van der Waals surface area contributed by atoms with E-state index in [0.717, 1.165) is 27.8 Å². The zero-order valence-electron chi connectivity index (χ0n) is 44.1. The standard InChI is InChI=1S/C28H30F2N6O4.C27H28F2N6O4/c1-18(37)34-8-10-35(11-9-34)28-31-14-22(15-32-28)20-5-6-23-24(13-20)36(33(2)26(23)38)16-21-12-19(17-39-3)4-7-25(21)40-27(29)30;1-17(37)33-7-9-34(10-8-33)27-30-13-21(14-31-27)19-4-5-22-23(12-19)35(32(2)25(22)38)15-20-11-18(16-36)3-6-24(20)39-26(28)29/h4-7,12-15,27H,8-11,16-17H2,1-3H3;3-6,11-14,26,36H,7-10,15-16H2,1-2H3. The third-order valence-corrected chi connectivity index (χ3v) is 14.1. The topological polar surface area (TPSA) is 200 Å². The van der Waals surface area contributed by atoms with E-state index in [1.54, 1.807) is 109 Å². The molecule has 0 saturated carbocycles. The van der Waals surface area contributed by atoms with E-state index in [-0.39, 0.29) is 54.1 Å². The fourth-order valence-electron chi connectivity index (χ4n) is 9.81. The minimum atomic E-state index is -3.01. The average Bonchev–Trinajstić information content (AvgIpc) is 3.88. The number of aromatic nitrogens is 8. The summed E-state index contributed by atoms with van der Waals surface area (Å²) in [5.74, 6) is 1.29. The number of fused-ring (bicyclic) bond motifs is 2. The Bertz CT molecular complexity index is 3610. The number of rotatable bonds is 15. The number of carbonyl (C=O) groups is 2. The van der Waals surface area contributed by atoms with Crippen LogP contribution in [0.25, 0.3) is 44.1 Å². The number of carbonyl (C=O) groups excluding carboxylic acids is 2. The zero-order chi connectivity index (χ0) is 56.1. The van der Waals surface area contributed by atoms with E-state index < -0.39 is 13.2 Å². The summed E-state index contributed by atoms with van der Waals surface area (Å²) in [6.45, 7) is 2.47. The Hall–Kier alpha value is -8.64. The predicted octanol–water partition coefficient (Wildman–Crippen LogP) is 5.87. The molecular formula is C55H58F4N12O8. The Morgan fingerprint density at radius 2 is 0.949 bits per heavy atom. The van der Waals surface area contributed by atoms with Gasteiger partial charge in [0.05, 0.1) is 48.1 Å². The Kier molecular flexibility index (Phi) is 16.7. The Morgan fingerprint density at radius 1 is 0.557 bits per heavy atom. The molecule has 2 saturated heterocycles. The van der Waals surface area contributed by atoms with Crippen molar-refractivity contribution >= 4 is 45.5 Å². The van der Waals surface area contributed by atoms with Crippen LogP contribution in [0.2, 0.25) is 0 Å². The summed E-state index contributed by atoms with van der Waals surface area (Å²) >= 11 is 0. The highest BCUT2D eigenvalue weighted by atomic mass is 19.3. The van der Waals surface area contributed by atoms with Crippen LogP contribution in [0.1, 0.15) is 36.1 Å². The van der Waals surface area contributed by atoms with E-state index in [2.05, 4.69) is 19.9 Å². The van der Waals surface area contributed by atoms with Gasteiger partial charge in [0.1, 0.15) is 11.5 Å². The first kappa shape index (κ1) is 55.1. The van der Waals surface area contributed by atoms with Crippen LogP contribution < -0.4 is 30.4 Å². The quantitative estimate of drug-likeness (QED) is 0.120. The minimum absolute atomic E-state index is 0.0271. The normalized spacial score (nSPS) is 13.9. The van der Waals surface area contributed by atoms with E-state index in [1.807, 2.05) is 34.1 Å². The van der Waals surface area contributed by atoms with Crippen LogP contribution in [0, 0.1) is 0 Å². The Labute approximate surface area is 450 Å². The number of hydrogen-bond acceptors (Lipinski definition) is 14. The first-order valence-corrected chi connectivity index (χ1v) is 25.3. The van der Waals surface area contributed by atoms with Crippen molar-refractivity contribution in [1.29, 1.82) is 0 Å². The number of piperazine rings is 2. The number of nitrogens with zero attached hydrogens (tertiary/aromatic N) is 12. The van der Waals surface area contributed by atoms with E-state index in [9.17, 15) is 41.8 Å². The van der Waals surface area contributed by atoms with Gasteiger partial charge in [0.25, 0.3) is 11.1 Å². The molecule has 0 bridgehead atoms. The van der Waals surface area contributed by atoms with Gasteiger partial charge in [0, 0.05) is 134 Å². The minimum Gasteiger partial charge on any atom is -0.434 e. The van der Waals surface area contributed by atoms with Crippen LogP contribution in [0.15, 0.2) is 107 Å². The van der Waals surface area contributed by atoms with Crippen molar-refractivity contribution in [2.75, 3.05) is 69.3 Å². The Morgan fingerprint density at radius 3 is 1.32 bits per heavy atom. The van der Waals surface area contributed by atoms with Crippen molar-refractivity contribution in [3.63, 3.8) is 0 Å². The van der Waals surface area contributed by atoms with Crippen molar-refractivity contribution in [3.05, 3.63) is 141 Å². The molecule has 2 aliphatic rings. The van der Waals surface area contributed by atoms with E-state index >= 15 is 0 Å². The van der Waals surface area contributed by atoms with Gasteiger partial charge in [-0.3, -0.25) is 37.9 Å². The average molecular weight is 1090 g/mol. The molecule has 2 aliphatic heterocycles. The molecule has 4 aromatic heterocycles. The molecule has 0 radical (unpaired) electrons. The molecule has 20 nitrogen and oxygen atoms in total. The molecule has 0 unspecified atom stereocenters. The molecular weight excluding hydrogens is 1030 g/mol. The maximum atomic E-state index is 13.1. The van der Waals surface area contributed by atoms with Crippen molar-refractivity contribution < 1.29 is 46.5 Å². The van der Waals surface area contributed by atoms with Crippen LogP contribution in [0.4, 0.5) is 29.5 Å². The fraction of sp³-hybridized carbons (Fsp3) is 0.345. The van der Waals surface area contributed by atoms with Gasteiger partial charge in [-0.05, 0) is 70.8 Å². The number of anilines is 2. The molecule has 8 aromatic rings. The molecule has 24 heteroatoms. The number of aliphatic hydroxyl groups is 1. The van der Waals surface area contributed by atoms with Crippen molar-refractivity contribution in [3.8, 4) is 33.8 Å². The third kappa shape index (κ3) is 12.2. The maximum Gasteiger partial charge on any atom is 0.387 e. The number of halogens is 4. The zero-order valence-corrected chi connectivity index (χ0v) is 44.1. The van der Waals surface area contributed by atoms with E-state index in [0.29, 0.717) is 109 Å². The molecule has 79 heavy (non-hydrogen) atoms. The lowest BCUT2D eigenvalue weighted by atomic mass is 10.1. The second-order valence-electron chi connectivity index (χ2n) is 19.0. The number of alkyl halides is 4. The highest BCUT2D eigenvalue weighted by molar-refractivity contribution is 5.85. The summed E-state index contributed by atoms with van der Waals surface area (Å²) < 4.78 is 73.3. The Balaban J connectivity index is 0.000000192.